The minimum atomic E-state index is -4.90. The fourth-order valence-electron chi connectivity index (χ4n) is 4.86. The van der Waals surface area contributed by atoms with Crippen LogP contribution in [0.25, 0.3) is 0 Å². The van der Waals surface area contributed by atoms with E-state index in [1.54, 1.807) is 0 Å². The summed E-state index contributed by atoms with van der Waals surface area (Å²) in [6.45, 7) is 3.35. The summed E-state index contributed by atoms with van der Waals surface area (Å²) < 4.78 is 104. The molecule has 1 aliphatic rings. The van der Waals surface area contributed by atoms with Crippen LogP contribution in [0, 0.1) is 17.6 Å². The number of hydrogen-bond acceptors (Lipinski definition) is 2. The molecule has 9 heteroatoms. The van der Waals surface area contributed by atoms with E-state index in [0.29, 0.717) is 11.5 Å². The number of rotatable bonds is 10. The summed E-state index contributed by atoms with van der Waals surface area (Å²) in [6, 6.07) is 6.02. The Kier molecular flexibility index (Phi) is 9.30. The fraction of sp³-hybridized carbons (Fsp3) is 0.556. The van der Waals surface area contributed by atoms with Gasteiger partial charge in [0.25, 0.3) is 0 Å². The van der Waals surface area contributed by atoms with E-state index < -0.39 is 41.5 Å². The number of benzene rings is 2. The van der Waals surface area contributed by atoms with Gasteiger partial charge < -0.3 is 9.47 Å². The number of ether oxygens (including phenoxy) is 2. The van der Waals surface area contributed by atoms with Gasteiger partial charge in [0.15, 0.2) is 0 Å². The summed E-state index contributed by atoms with van der Waals surface area (Å²) in [4.78, 5) is 0. The summed E-state index contributed by atoms with van der Waals surface area (Å²) >= 11 is 0. The van der Waals surface area contributed by atoms with Crippen LogP contribution in [-0.4, -0.2) is 6.36 Å². The third-order valence-corrected chi connectivity index (χ3v) is 6.80. The average molecular weight is 521 g/mol. The van der Waals surface area contributed by atoms with Crippen LogP contribution in [-0.2, 0) is 10.8 Å². The van der Waals surface area contributed by atoms with Gasteiger partial charge in [-0.15, -0.1) is 13.2 Å². The molecule has 1 atom stereocenters. The maximum atomic E-state index is 14.8. The standard InChI is InChI=1S/C27H31F7O2/c1-3-4-5-6-18-7-9-20(10-8-18)21-15-23(28)25(24(29)16-21)26(30,31)35-17(2)19-11-13-22(14-12-19)36-27(32,33)34/h11-18,20H,3-10H2,1-2H3. The number of alkyl halides is 5. The Morgan fingerprint density at radius 3 is 2.00 bits per heavy atom. The Bertz CT molecular complexity index is 958. The van der Waals surface area contributed by atoms with E-state index in [-0.39, 0.29) is 11.5 Å². The molecule has 0 aromatic heterocycles. The highest BCUT2D eigenvalue weighted by molar-refractivity contribution is 5.32. The summed E-state index contributed by atoms with van der Waals surface area (Å²) in [5.41, 5.74) is -1.04. The lowest BCUT2D eigenvalue weighted by Gasteiger charge is -2.29. The normalized spacial score (nSPS) is 19.8. The molecule has 1 aliphatic carbocycles. The Balaban J connectivity index is 1.67. The van der Waals surface area contributed by atoms with Crippen LogP contribution in [0.4, 0.5) is 30.7 Å². The number of halogens is 7. The van der Waals surface area contributed by atoms with Crippen LogP contribution in [0.2, 0.25) is 0 Å². The fourth-order valence-corrected chi connectivity index (χ4v) is 4.86. The van der Waals surface area contributed by atoms with Crippen LogP contribution in [0.1, 0.15) is 93.9 Å². The van der Waals surface area contributed by atoms with E-state index in [0.717, 1.165) is 74.9 Å². The maximum absolute atomic E-state index is 14.8. The molecule has 2 aromatic rings. The molecule has 0 radical (unpaired) electrons. The molecule has 2 nitrogen and oxygen atoms in total. The molecule has 0 aliphatic heterocycles. The van der Waals surface area contributed by atoms with Crippen LogP contribution in [0.15, 0.2) is 36.4 Å². The van der Waals surface area contributed by atoms with Gasteiger partial charge in [0.1, 0.15) is 22.9 Å². The van der Waals surface area contributed by atoms with E-state index >= 15 is 0 Å². The van der Waals surface area contributed by atoms with Gasteiger partial charge in [-0.3, -0.25) is 0 Å². The van der Waals surface area contributed by atoms with E-state index in [1.807, 2.05) is 0 Å². The van der Waals surface area contributed by atoms with Crippen molar-refractivity contribution < 1.29 is 40.2 Å². The molecular weight excluding hydrogens is 489 g/mol. The molecule has 1 saturated carbocycles. The Labute approximate surface area is 206 Å². The van der Waals surface area contributed by atoms with Crippen molar-refractivity contribution in [3.05, 3.63) is 64.7 Å². The third kappa shape index (κ3) is 7.60. The van der Waals surface area contributed by atoms with E-state index in [2.05, 4.69) is 16.4 Å². The lowest BCUT2D eigenvalue weighted by Crippen LogP contribution is -2.24. The van der Waals surface area contributed by atoms with E-state index in [9.17, 15) is 30.7 Å². The lowest BCUT2D eigenvalue weighted by atomic mass is 9.77. The molecule has 0 bridgehead atoms. The Morgan fingerprint density at radius 2 is 1.47 bits per heavy atom. The summed E-state index contributed by atoms with van der Waals surface area (Å²) in [5.74, 6) is -2.80. The highest BCUT2D eigenvalue weighted by Crippen LogP contribution is 2.42. The highest BCUT2D eigenvalue weighted by atomic mass is 19.4. The van der Waals surface area contributed by atoms with Gasteiger partial charge in [-0.25, -0.2) is 8.78 Å². The molecule has 1 unspecified atom stereocenters. The summed E-state index contributed by atoms with van der Waals surface area (Å²) in [6.07, 6.45) is -2.52. The quantitative estimate of drug-likeness (QED) is 0.229. The van der Waals surface area contributed by atoms with Crippen molar-refractivity contribution in [1.29, 1.82) is 0 Å². The summed E-state index contributed by atoms with van der Waals surface area (Å²) in [7, 11) is 0. The molecule has 36 heavy (non-hydrogen) atoms. The monoisotopic (exact) mass is 520 g/mol. The number of hydrogen-bond donors (Lipinski definition) is 0. The maximum Gasteiger partial charge on any atom is 0.573 e. The first-order valence-electron chi connectivity index (χ1n) is 12.3. The largest absolute Gasteiger partial charge is 0.573 e. The van der Waals surface area contributed by atoms with Gasteiger partial charge in [0.2, 0.25) is 0 Å². The van der Waals surface area contributed by atoms with Crippen LogP contribution in [0.3, 0.4) is 0 Å². The second kappa shape index (κ2) is 11.8. The molecule has 0 amide bonds. The smallest absolute Gasteiger partial charge is 0.406 e. The molecule has 1 fully saturated rings. The average Bonchev–Trinajstić information content (AvgIpc) is 2.78. The highest BCUT2D eigenvalue weighted by Gasteiger charge is 2.42. The molecule has 0 N–H and O–H groups in total. The second-order valence-electron chi connectivity index (χ2n) is 9.47. The van der Waals surface area contributed by atoms with Crippen molar-refractivity contribution in [1.82, 2.24) is 0 Å². The zero-order valence-electron chi connectivity index (χ0n) is 20.3. The molecule has 2 aromatic carbocycles. The minimum absolute atomic E-state index is 0.0809. The van der Waals surface area contributed by atoms with Gasteiger partial charge in [0, 0.05) is 0 Å². The van der Waals surface area contributed by atoms with Crippen LogP contribution in [0.5, 0.6) is 5.75 Å². The zero-order valence-corrected chi connectivity index (χ0v) is 20.3. The molecule has 0 saturated heterocycles. The topological polar surface area (TPSA) is 18.5 Å². The minimum Gasteiger partial charge on any atom is -0.406 e. The van der Waals surface area contributed by atoms with Gasteiger partial charge in [-0.05, 0) is 79.8 Å². The lowest BCUT2D eigenvalue weighted by molar-refractivity contribution is -0.275. The van der Waals surface area contributed by atoms with Crippen molar-refractivity contribution >= 4 is 0 Å². The van der Waals surface area contributed by atoms with Crippen molar-refractivity contribution in [2.24, 2.45) is 5.92 Å². The second-order valence-corrected chi connectivity index (χ2v) is 9.47. The third-order valence-electron chi connectivity index (χ3n) is 6.80. The van der Waals surface area contributed by atoms with Gasteiger partial charge in [-0.2, -0.15) is 8.78 Å². The summed E-state index contributed by atoms with van der Waals surface area (Å²) in [5, 5.41) is 0. The first kappa shape index (κ1) is 28.3. The van der Waals surface area contributed by atoms with E-state index in [4.69, 9.17) is 0 Å². The number of unbranched alkanes of at least 4 members (excludes halogenated alkanes) is 2. The molecular formula is C27H31F7O2. The van der Waals surface area contributed by atoms with Crippen LogP contribution >= 0.6 is 0 Å². The Morgan fingerprint density at radius 1 is 0.889 bits per heavy atom. The van der Waals surface area contributed by atoms with Crippen LogP contribution < -0.4 is 4.74 Å². The van der Waals surface area contributed by atoms with Gasteiger partial charge in [-0.1, -0.05) is 44.7 Å². The van der Waals surface area contributed by atoms with E-state index in [1.165, 1.54) is 19.8 Å². The SMILES string of the molecule is CCCCCC1CCC(c2cc(F)c(C(F)(F)OC(C)c3ccc(OC(F)(F)F)cc3)c(F)c2)CC1. The van der Waals surface area contributed by atoms with Crippen molar-refractivity contribution in [2.75, 3.05) is 0 Å². The molecule has 200 valence electrons. The zero-order chi connectivity index (χ0) is 26.5. The molecule has 0 spiro atoms. The molecule has 0 heterocycles. The van der Waals surface area contributed by atoms with Gasteiger partial charge >= 0.3 is 12.5 Å². The van der Waals surface area contributed by atoms with Gasteiger partial charge in [0.05, 0.1) is 6.10 Å². The first-order chi connectivity index (χ1) is 16.9. The first-order valence-corrected chi connectivity index (χ1v) is 12.3. The Hall–Kier alpha value is -2.29. The van der Waals surface area contributed by atoms with Crippen molar-refractivity contribution in [3.63, 3.8) is 0 Å². The van der Waals surface area contributed by atoms with Crippen molar-refractivity contribution in [2.45, 2.75) is 89.7 Å². The predicted molar refractivity (Wildman–Crippen MR) is 122 cm³/mol. The molecule has 3 rings (SSSR count). The van der Waals surface area contributed by atoms with Crippen molar-refractivity contribution in [3.8, 4) is 5.75 Å². The predicted octanol–water partition coefficient (Wildman–Crippen LogP) is 9.54.